The van der Waals surface area contributed by atoms with Crippen LogP contribution in [0, 0.1) is 6.92 Å². The number of nitrogens with zero attached hydrogens (tertiary/aromatic N) is 1. The zero-order chi connectivity index (χ0) is 10.9. The molecule has 1 heterocycles. The minimum Gasteiger partial charge on any atom is -0.276 e. The lowest BCUT2D eigenvalue weighted by Crippen LogP contribution is -2.01. The fourth-order valence-electron chi connectivity index (χ4n) is 0.944. The number of hydrogen-bond acceptors (Lipinski definition) is 2. The number of carbonyl (C=O) groups excluding carboxylic acids is 1. The summed E-state index contributed by atoms with van der Waals surface area (Å²) in [6.07, 6.45) is -2.69. The zero-order valence-corrected chi connectivity index (χ0v) is 9.36. The molecule has 0 aliphatic rings. The predicted octanol–water partition coefficient (Wildman–Crippen LogP) is 3.47. The Balaban J connectivity index is 3.34. The van der Waals surface area contributed by atoms with Crippen molar-refractivity contribution >= 4 is 32.8 Å². The summed E-state index contributed by atoms with van der Waals surface area (Å²) in [4.78, 5) is 14.6. The molecule has 0 atom stereocenters. The van der Waals surface area contributed by atoms with Crippen LogP contribution in [0.1, 0.15) is 28.0 Å². The Morgan fingerprint density at radius 2 is 2.21 bits per heavy atom. The molecule has 1 rings (SSSR count). The second kappa shape index (κ2) is 4.31. The Morgan fingerprint density at radius 1 is 1.64 bits per heavy atom. The molecule has 14 heavy (non-hydrogen) atoms. The fraction of sp³-hybridized carbons (Fsp3) is 0.250. The Morgan fingerprint density at radius 3 is 2.64 bits per heavy atom. The van der Waals surface area contributed by atoms with Crippen LogP contribution in [0.4, 0.5) is 8.78 Å². The van der Waals surface area contributed by atoms with Crippen molar-refractivity contribution in [2.24, 2.45) is 0 Å². The van der Waals surface area contributed by atoms with E-state index in [9.17, 15) is 13.6 Å². The lowest BCUT2D eigenvalue weighted by molar-refractivity contribution is 0.107. The van der Waals surface area contributed by atoms with Gasteiger partial charge in [-0.3, -0.25) is 4.79 Å². The van der Waals surface area contributed by atoms with Crippen molar-refractivity contribution in [1.82, 2.24) is 4.98 Å². The van der Waals surface area contributed by atoms with Gasteiger partial charge in [-0.15, -0.1) is 0 Å². The molecular formula is C8H5BrClF2NO. The van der Waals surface area contributed by atoms with Crippen LogP contribution >= 0.6 is 27.5 Å². The molecule has 0 radical (unpaired) electrons. The highest BCUT2D eigenvalue weighted by Crippen LogP contribution is 2.28. The quantitative estimate of drug-likeness (QED) is 0.615. The molecule has 0 N–H and O–H groups in total. The van der Waals surface area contributed by atoms with Crippen LogP contribution in [-0.2, 0) is 0 Å². The highest BCUT2D eigenvalue weighted by atomic mass is 79.9. The van der Waals surface area contributed by atoms with Gasteiger partial charge in [0.1, 0.15) is 4.60 Å². The van der Waals surface area contributed by atoms with Crippen molar-refractivity contribution in [3.8, 4) is 0 Å². The van der Waals surface area contributed by atoms with E-state index in [4.69, 9.17) is 11.6 Å². The lowest BCUT2D eigenvalue weighted by Gasteiger charge is -2.06. The SMILES string of the molecule is Cc1nc(Br)c(C(F)F)cc1C(=O)Cl. The first-order chi connectivity index (χ1) is 6.43. The van der Waals surface area contributed by atoms with Gasteiger partial charge in [0.15, 0.2) is 0 Å². The number of aromatic nitrogens is 1. The van der Waals surface area contributed by atoms with Gasteiger partial charge >= 0.3 is 0 Å². The van der Waals surface area contributed by atoms with Gasteiger partial charge in [0, 0.05) is 0 Å². The molecule has 0 fully saturated rings. The van der Waals surface area contributed by atoms with Crippen molar-refractivity contribution in [3.05, 3.63) is 27.5 Å². The summed E-state index contributed by atoms with van der Waals surface area (Å²) >= 11 is 8.08. The first-order valence-corrected chi connectivity index (χ1v) is 4.75. The Hall–Kier alpha value is -0.550. The summed E-state index contributed by atoms with van der Waals surface area (Å²) in [6, 6.07) is 1.05. The van der Waals surface area contributed by atoms with E-state index in [1.807, 2.05) is 0 Å². The Labute approximate surface area is 92.4 Å². The van der Waals surface area contributed by atoms with Crippen LogP contribution in [0.25, 0.3) is 0 Å². The maximum absolute atomic E-state index is 12.4. The van der Waals surface area contributed by atoms with Gasteiger partial charge in [-0.1, -0.05) is 0 Å². The number of carbonyl (C=O) groups is 1. The van der Waals surface area contributed by atoms with E-state index in [2.05, 4.69) is 20.9 Å². The van der Waals surface area contributed by atoms with Crippen molar-refractivity contribution < 1.29 is 13.6 Å². The van der Waals surface area contributed by atoms with E-state index >= 15 is 0 Å². The van der Waals surface area contributed by atoms with Gasteiger partial charge in [-0.05, 0) is 40.5 Å². The van der Waals surface area contributed by atoms with Crippen LogP contribution in [0.15, 0.2) is 10.7 Å². The van der Waals surface area contributed by atoms with E-state index in [-0.39, 0.29) is 15.7 Å². The average molecular weight is 284 g/mol. The van der Waals surface area contributed by atoms with Gasteiger partial charge < -0.3 is 0 Å². The van der Waals surface area contributed by atoms with Crippen molar-refractivity contribution in [1.29, 1.82) is 0 Å². The normalized spacial score (nSPS) is 10.7. The van der Waals surface area contributed by atoms with Crippen LogP contribution in [0.2, 0.25) is 0 Å². The molecule has 0 aromatic carbocycles. The lowest BCUT2D eigenvalue weighted by atomic mass is 10.1. The smallest absolute Gasteiger partial charge is 0.266 e. The predicted molar refractivity (Wildman–Crippen MR) is 51.8 cm³/mol. The monoisotopic (exact) mass is 283 g/mol. The van der Waals surface area contributed by atoms with Crippen molar-refractivity contribution in [3.63, 3.8) is 0 Å². The number of aryl methyl sites for hydroxylation is 1. The third-order valence-corrected chi connectivity index (χ3v) is 2.48. The molecule has 2 nitrogen and oxygen atoms in total. The summed E-state index contributed by atoms with van der Waals surface area (Å²) in [5.74, 6) is 0. The third kappa shape index (κ3) is 2.27. The molecule has 76 valence electrons. The fourth-order valence-corrected chi connectivity index (χ4v) is 1.69. The molecule has 0 saturated carbocycles. The largest absolute Gasteiger partial charge is 0.276 e. The summed E-state index contributed by atoms with van der Waals surface area (Å²) in [6.45, 7) is 1.52. The highest BCUT2D eigenvalue weighted by molar-refractivity contribution is 9.10. The van der Waals surface area contributed by atoms with Crippen LogP contribution in [-0.4, -0.2) is 10.2 Å². The topological polar surface area (TPSA) is 30.0 Å². The van der Waals surface area contributed by atoms with Gasteiger partial charge in [-0.2, -0.15) is 0 Å². The first kappa shape index (κ1) is 11.5. The summed E-state index contributed by atoms with van der Waals surface area (Å²) in [7, 11) is 0. The van der Waals surface area contributed by atoms with Gasteiger partial charge in [-0.25, -0.2) is 13.8 Å². The minimum atomic E-state index is -2.69. The van der Waals surface area contributed by atoms with Crippen molar-refractivity contribution in [2.45, 2.75) is 13.3 Å². The van der Waals surface area contributed by atoms with E-state index in [1.54, 1.807) is 0 Å². The van der Waals surface area contributed by atoms with Gasteiger partial charge in [0.05, 0.1) is 16.8 Å². The second-order valence-electron chi connectivity index (χ2n) is 2.58. The van der Waals surface area contributed by atoms with Crippen LogP contribution < -0.4 is 0 Å². The van der Waals surface area contributed by atoms with E-state index in [0.29, 0.717) is 5.69 Å². The van der Waals surface area contributed by atoms with Crippen molar-refractivity contribution in [2.75, 3.05) is 0 Å². The second-order valence-corrected chi connectivity index (χ2v) is 3.67. The standard InChI is InChI=1S/C8H5BrClF2NO/c1-3-4(7(10)14)2-5(8(11)12)6(9)13-3/h2,8H,1H3. The molecule has 0 aliphatic carbocycles. The number of rotatable bonds is 2. The molecular weight excluding hydrogens is 279 g/mol. The number of alkyl halides is 2. The first-order valence-electron chi connectivity index (χ1n) is 3.58. The number of pyridine rings is 1. The van der Waals surface area contributed by atoms with Crippen LogP contribution in [0.5, 0.6) is 0 Å². The molecule has 0 unspecified atom stereocenters. The molecule has 0 spiro atoms. The highest BCUT2D eigenvalue weighted by Gasteiger charge is 2.17. The van der Waals surface area contributed by atoms with E-state index < -0.39 is 11.7 Å². The van der Waals surface area contributed by atoms with E-state index in [1.165, 1.54) is 6.92 Å². The Kier molecular flexibility index (Phi) is 3.55. The molecule has 6 heteroatoms. The molecule has 1 aromatic rings. The minimum absolute atomic E-state index is 0.00478. The Bertz CT molecular complexity index is 384. The summed E-state index contributed by atoms with van der Waals surface area (Å²) in [5.41, 5.74) is -0.00829. The summed E-state index contributed by atoms with van der Waals surface area (Å²) in [5, 5.41) is -0.788. The summed E-state index contributed by atoms with van der Waals surface area (Å²) < 4.78 is 24.8. The molecule has 1 aromatic heterocycles. The molecule has 0 amide bonds. The third-order valence-electron chi connectivity index (χ3n) is 1.64. The number of hydrogen-bond donors (Lipinski definition) is 0. The number of halogens is 4. The average Bonchev–Trinajstić information content (AvgIpc) is 2.02. The maximum atomic E-state index is 12.4. The van der Waals surface area contributed by atoms with Gasteiger partial charge in [0.2, 0.25) is 0 Å². The molecule has 0 saturated heterocycles. The van der Waals surface area contributed by atoms with Crippen LogP contribution in [0.3, 0.4) is 0 Å². The molecule has 0 bridgehead atoms. The zero-order valence-electron chi connectivity index (χ0n) is 7.02. The maximum Gasteiger partial charge on any atom is 0.266 e. The van der Waals surface area contributed by atoms with Gasteiger partial charge in [0.25, 0.3) is 11.7 Å². The van der Waals surface area contributed by atoms with E-state index in [0.717, 1.165) is 6.07 Å². The molecule has 0 aliphatic heterocycles.